The molecule has 1 aliphatic heterocycles. The maximum absolute atomic E-state index is 5.64. The number of hydrogen-bond donors (Lipinski definition) is 1. The lowest BCUT2D eigenvalue weighted by atomic mass is 9.54. The van der Waals surface area contributed by atoms with Gasteiger partial charge in [0.05, 0.1) is 20.3 Å². The van der Waals surface area contributed by atoms with Gasteiger partial charge in [0, 0.05) is 37.8 Å². The number of nitrogens with one attached hydrogen (secondary N) is 1. The summed E-state index contributed by atoms with van der Waals surface area (Å²) in [6, 6.07) is 7.51. The zero-order chi connectivity index (χ0) is 18.2. The van der Waals surface area contributed by atoms with Crippen molar-refractivity contribution in [1.29, 1.82) is 0 Å². The molecule has 0 spiro atoms. The Morgan fingerprint density at radius 1 is 1.04 bits per heavy atom. The predicted octanol–water partition coefficient (Wildman–Crippen LogP) is 3.44. The summed E-state index contributed by atoms with van der Waals surface area (Å²) in [5.74, 6) is 4.98. The van der Waals surface area contributed by atoms with Gasteiger partial charge in [-0.25, -0.2) is 0 Å². The third-order valence-corrected chi connectivity index (χ3v) is 7.61. The SMILES string of the molecule is COc1ccc(CNC2C3CC4CC(C3)CC2C4)cc1CN1CCOCC1. The summed E-state index contributed by atoms with van der Waals surface area (Å²) >= 11 is 0. The third-order valence-electron chi connectivity index (χ3n) is 7.61. The van der Waals surface area contributed by atoms with Gasteiger partial charge in [0.25, 0.3) is 0 Å². The molecule has 0 atom stereocenters. The normalized spacial score (nSPS) is 35.5. The second-order valence-corrected chi connectivity index (χ2v) is 9.37. The number of nitrogens with zero attached hydrogens (tertiary/aromatic N) is 1. The molecule has 1 saturated heterocycles. The first kappa shape index (κ1) is 18.0. The van der Waals surface area contributed by atoms with Crippen molar-refractivity contribution in [1.82, 2.24) is 10.2 Å². The van der Waals surface area contributed by atoms with Crippen LogP contribution in [0.1, 0.15) is 43.2 Å². The molecule has 1 aromatic rings. The molecule has 4 saturated carbocycles. The molecule has 4 nitrogen and oxygen atoms in total. The number of methoxy groups -OCH3 is 1. The van der Waals surface area contributed by atoms with Gasteiger partial charge >= 0.3 is 0 Å². The second kappa shape index (κ2) is 7.73. The molecule has 4 heteroatoms. The topological polar surface area (TPSA) is 33.7 Å². The van der Waals surface area contributed by atoms with Crippen LogP contribution in [0.4, 0.5) is 0 Å². The first-order valence-electron chi connectivity index (χ1n) is 11.0. The van der Waals surface area contributed by atoms with Gasteiger partial charge in [-0.3, -0.25) is 4.90 Å². The number of hydrogen-bond acceptors (Lipinski definition) is 4. The Hall–Kier alpha value is -1.10. The van der Waals surface area contributed by atoms with Crippen LogP contribution in [0.2, 0.25) is 0 Å². The third kappa shape index (κ3) is 3.76. The van der Waals surface area contributed by atoms with Crippen LogP contribution in [0.5, 0.6) is 5.75 Å². The average Bonchev–Trinajstić information content (AvgIpc) is 2.68. The Morgan fingerprint density at radius 3 is 2.41 bits per heavy atom. The first-order valence-corrected chi connectivity index (χ1v) is 11.0. The molecule has 6 rings (SSSR count). The molecule has 0 radical (unpaired) electrons. The Labute approximate surface area is 163 Å². The van der Waals surface area contributed by atoms with Gasteiger partial charge in [0.1, 0.15) is 5.75 Å². The maximum Gasteiger partial charge on any atom is 0.123 e. The average molecular weight is 371 g/mol. The molecule has 1 aromatic carbocycles. The Bertz CT molecular complexity index is 628. The standard InChI is InChI=1S/C23H34N2O2/c1-26-22-3-2-16(9-21(22)15-25-4-6-27-7-5-25)14-24-23-19-10-17-8-18(12-19)13-20(23)11-17/h2-3,9,17-20,23-24H,4-8,10-15H2,1H3. The van der Waals surface area contributed by atoms with Crippen LogP contribution >= 0.6 is 0 Å². The monoisotopic (exact) mass is 370 g/mol. The van der Waals surface area contributed by atoms with Crippen molar-refractivity contribution in [2.45, 2.75) is 51.2 Å². The molecule has 148 valence electrons. The highest BCUT2D eigenvalue weighted by Gasteiger charge is 2.47. The predicted molar refractivity (Wildman–Crippen MR) is 107 cm³/mol. The summed E-state index contributed by atoms with van der Waals surface area (Å²) < 4.78 is 11.1. The lowest BCUT2D eigenvalue weighted by Gasteiger charge is -2.54. The van der Waals surface area contributed by atoms with Crippen LogP contribution in [-0.2, 0) is 17.8 Å². The quantitative estimate of drug-likeness (QED) is 0.832. The lowest BCUT2D eigenvalue weighted by molar-refractivity contribution is -0.0142. The van der Waals surface area contributed by atoms with Crippen molar-refractivity contribution in [3.05, 3.63) is 29.3 Å². The van der Waals surface area contributed by atoms with Crippen LogP contribution in [0.15, 0.2) is 18.2 Å². The molecular weight excluding hydrogens is 336 g/mol. The fourth-order valence-electron chi connectivity index (χ4n) is 6.56. The summed E-state index contributed by atoms with van der Waals surface area (Å²) in [5, 5.41) is 3.97. The molecule has 0 unspecified atom stereocenters. The smallest absolute Gasteiger partial charge is 0.123 e. The second-order valence-electron chi connectivity index (χ2n) is 9.37. The maximum atomic E-state index is 5.64. The van der Waals surface area contributed by atoms with E-state index in [2.05, 4.69) is 28.4 Å². The fraction of sp³-hybridized carbons (Fsp3) is 0.739. The largest absolute Gasteiger partial charge is 0.496 e. The molecule has 27 heavy (non-hydrogen) atoms. The molecule has 0 aromatic heterocycles. The van der Waals surface area contributed by atoms with Crippen LogP contribution in [-0.4, -0.2) is 44.4 Å². The van der Waals surface area contributed by atoms with E-state index in [9.17, 15) is 0 Å². The van der Waals surface area contributed by atoms with Crippen LogP contribution in [0, 0.1) is 23.7 Å². The van der Waals surface area contributed by atoms with E-state index >= 15 is 0 Å². The van der Waals surface area contributed by atoms with Crippen LogP contribution in [0.25, 0.3) is 0 Å². The van der Waals surface area contributed by atoms with Crippen molar-refractivity contribution in [3.8, 4) is 5.75 Å². The minimum Gasteiger partial charge on any atom is -0.496 e. The molecule has 4 bridgehead atoms. The zero-order valence-electron chi connectivity index (χ0n) is 16.7. The molecule has 0 amide bonds. The minimum atomic E-state index is 0.752. The summed E-state index contributed by atoms with van der Waals surface area (Å²) in [7, 11) is 1.78. The van der Waals surface area contributed by atoms with E-state index in [-0.39, 0.29) is 0 Å². The van der Waals surface area contributed by atoms with Crippen molar-refractivity contribution < 1.29 is 9.47 Å². The highest BCUT2D eigenvalue weighted by atomic mass is 16.5. The van der Waals surface area contributed by atoms with Crippen molar-refractivity contribution in [2.75, 3.05) is 33.4 Å². The van der Waals surface area contributed by atoms with Gasteiger partial charge in [-0.15, -0.1) is 0 Å². The highest BCUT2D eigenvalue weighted by Crippen LogP contribution is 2.53. The minimum absolute atomic E-state index is 0.752. The number of morpholine rings is 1. The molecule has 5 aliphatic rings. The van der Waals surface area contributed by atoms with E-state index in [4.69, 9.17) is 9.47 Å². The molecule has 4 aliphatic carbocycles. The van der Waals surface area contributed by atoms with Gasteiger partial charge in [-0.2, -0.15) is 0 Å². The summed E-state index contributed by atoms with van der Waals surface area (Å²) in [6.45, 7) is 5.66. The van der Waals surface area contributed by atoms with Gasteiger partial charge in [0.2, 0.25) is 0 Å². The van der Waals surface area contributed by atoms with Gasteiger partial charge in [-0.1, -0.05) is 6.07 Å². The van der Waals surface area contributed by atoms with E-state index in [1.807, 2.05) is 0 Å². The van der Waals surface area contributed by atoms with Gasteiger partial charge in [0.15, 0.2) is 0 Å². The van der Waals surface area contributed by atoms with Crippen molar-refractivity contribution in [2.24, 2.45) is 23.7 Å². The zero-order valence-corrected chi connectivity index (χ0v) is 16.7. The van der Waals surface area contributed by atoms with E-state index in [1.54, 1.807) is 7.11 Å². The number of ether oxygens (including phenoxy) is 2. The molecule has 5 fully saturated rings. The lowest BCUT2D eigenvalue weighted by Crippen LogP contribution is -2.54. The number of rotatable bonds is 6. The van der Waals surface area contributed by atoms with Crippen LogP contribution < -0.4 is 10.1 Å². The van der Waals surface area contributed by atoms with Crippen LogP contribution in [0.3, 0.4) is 0 Å². The van der Waals surface area contributed by atoms with E-state index in [0.717, 1.165) is 74.9 Å². The molecule has 1 N–H and O–H groups in total. The first-order chi connectivity index (χ1) is 13.3. The Kier molecular flexibility index (Phi) is 5.14. The van der Waals surface area contributed by atoms with E-state index < -0.39 is 0 Å². The van der Waals surface area contributed by atoms with E-state index in [0.29, 0.717) is 0 Å². The highest BCUT2D eigenvalue weighted by molar-refractivity contribution is 5.37. The van der Waals surface area contributed by atoms with E-state index in [1.165, 1.54) is 43.2 Å². The Morgan fingerprint density at radius 2 is 1.74 bits per heavy atom. The Balaban J connectivity index is 1.24. The molecular formula is C23H34N2O2. The summed E-state index contributed by atoms with van der Waals surface area (Å²) in [6.07, 6.45) is 7.46. The van der Waals surface area contributed by atoms with Crippen molar-refractivity contribution in [3.63, 3.8) is 0 Å². The van der Waals surface area contributed by atoms with Gasteiger partial charge in [-0.05, 0) is 73.5 Å². The summed E-state index contributed by atoms with van der Waals surface area (Å²) in [4.78, 5) is 2.47. The molecule has 1 heterocycles. The fourth-order valence-corrected chi connectivity index (χ4v) is 6.56. The summed E-state index contributed by atoms with van der Waals surface area (Å²) in [5.41, 5.74) is 2.71. The number of benzene rings is 1. The van der Waals surface area contributed by atoms with Crippen molar-refractivity contribution >= 4 is 0 Å². The van der Waals surface area contributed by atoms with Gasteiger partial charge < -0.3 is 14.8 Å².